The maximum atomic E-state index is 6.47. The Morgan fingerprint density at radius 3 is 1.94 bits per heavy atom. The van der Waals surface area contributed by atoms with Gasteiger partial charge in [0.15, 0.2) is 17.5 Å². The van der Waals surface area contributed by atoms with Crippen molar-refractivity contribution in [2.45, 2.75) is 6.04 Å². The molecule has 0 saturated heterocycles. The number of furan rings is 1. The third-order valence-corrected chi connectivity index (χ3v) is 9.86. The number of fused-ring (bicyclic) bond motifs is 6. The molecule has 0 spiro atoms. The van der Waals surface area contributed by atoms with Gasteiger partial charge >= 0.3 is 0 Å². The molecule has 0 fully saturated rings. The smallest absolute Gasteiger partial charge is 0.164 e. The lowest BCUT2D eigenvalue weighted by Gasteiger charge is -2.27. The van der Waals surface area contributed by atoms with E-state index >= 15 is 0 Å². The SMILES string of the molecule is CN1C=c2c(c3ccccc3n2-c2ccccc2)=CC1c1ccc2oc3cccc(-c4nc(-c5ccccc5)nc(-c5ccccc5)n4)c3c2c1. The van der Waals surface area contributed by atoms with Crippen LogP contribution in [0.5, 0.6) is 0 Å². The van der Waals surface area contributed by atoms with Gasteiger partial charge in [0.05, 0.1) is 16.9 Å². The molecular formula is C45H31N5O. The quantitative estimate of drug-likeness (QED) is 0.185. The van der Waals surface area contributed by atoms with Gasteiger partial charge in [0.25, 0.3) is 0 Å². The van der Waals surface area contributed by atoms with Gasteiger partial charge in [-0.2, -0.15) is 0 Å². The first-order chi connectivity index (χ1) is 25.2. The average molecular weight is 658 g/mol. The molecule has 6 heteroatoms. The Labute approximate surface area is 293 Å². The minimum absolute atomic E-state index is 0.0144. The van der Waals surface area contributed by atoms with E-state index < -0.39 is 0 Å². The molecule has 0 radical (unpaired) electrons. The molecule has 1 aliphatic heterocycles. The normalized spacial score (nSPS) is 14.1. The van der Waals surface area contributed by atoms with E-state index in [9.17, 15) is 0 Å². The molecule has 3 aromatic heterocycles. The van der Waals surface area contributed by atoms with Gasteiger partial charge in [-0.05, 0) is 48.0 Å². The maximum Gasteiger partial charge on any atom is 0.164 e. The minimum atomic E-state index is 0.0144. The summed E-state index contributed by atoms with van der Waals surface area (Å²) in [7, 11) is 2.15. The Balaban J connectivity index is 1.16. The summed E-state index contributed by atoms with van der Waals surface area (Å²) in [5.41, 5.74) is 7.91. The fourth-order valence-corrected chi connectivity index (χ4v) is 7.47. The number of rotatable bonds is 5. The summed E-state index contributed by atoms with van der Waals surface area (Å²) in [5, 5.41) is 5.67. The van der Waals surface area contributed by atoms with Crippen LogP contribution in [0.15, 0.2) is 156 Å². The summed E-state index contributed by atoms with van der Waals surface area (Å²) in [4.78, 5) is 17.3. The lowest BCUT2D eigenvalue weighted by atomic mass is 9.98. The van der Waals surface area contributed by atoms with E-state index in [1.54, 1.807) is 0 Å². The van der Waals surface area contributed by atoms with Gasteiger partial charge in [-0.1, -0.05) is 115 Å². The third-order valence-electron chi connectivity index (χ3n) is 9.86. The first kappa shape index (κ1) is 29.2. The maximum absolute atomic E-state index is 6.47. The Morgan fingerprint density at radius 2 is 1.22 bits per heavy atom. The van der Waals surface area contributed by atoms with E-state index in [0.29, 0.717) is 17.5 Å². The molecule has 242 valence electrons. The summed E-state index contributed by atoms with van der Waals surface area (Å²) in [6, 6.07) is 52.1. The highest BCUT2D eigenvalue weighted by atomic mass is 16.3. The van der Waals surface area contributed by atoms with Crippen molar-refractivity contribution in [3.63, 3.8) is 0 Å². The van der Waals surface area contributed by atoms with Crippen molar-refractivity contribution in [1.29, 1.82) is 0 Å². The molecule has 1 atom stereocenters. The van der Waals surface area contributed by atoms with Crippen LogP contribution in [-0.4, -0.2) is 31.5 Å². The van der Waals surface area contributed by atoms with Crippen LogP contribution in [0.2, 0.25) is 0 Å². The molecule has 0 N–H and O–H groups in total. The van der Waals surface area contributed by atoms with Crippen LogP contribution < -0.4 is 10.6 Å². The van der Waals surface area contributed by atoms with Gasteiger partial charge in [0.1, 0.15) is 11.2 Å². The zero-order chi connectivity index (χ0) is 33.9. The second-order valence-corrected chi connectivity index (χ2v) is 13.0. The lowest BCUT2D eigenvalue weighted by Crippen LogP contribution is -2.37. The molecule has 0 amide bonds. The number of para-hydroxylation sites is 2. The predicted molar refractivity (Wildman–Crippen MR) is 205 cm³/mol. The van der Waals surface area contributed by atoms with Gasteiger partial charge in [-0.25, -0.2) is 15.0 Å². The standard InChI is InChI=1S/C45H31N5O/c1-49-28-39-35(33-20-11-12-22-37(33)50(39)32-18-9-4-10-19-32)27-38(49)31-24-25-40-36(26-31)42-34(21-13-23-41(42)51-40)45-47-43(29-14-5-2-6-15-29)46-44(48-45)30-16-7-3-8-17-30/h2-28,38H,1H3. The molecule has 0 aliphatic carbocycles. The molecule has 1 aliphatic rings. The Bertz CT molecular complexity index is 2820. The molecule has 9 aromatic rings. The largest absolute Gasteiger partial charge is 0.456 e. The van der Waals surface area contributed by atoms with E-state index in [0.717, 1.165) is 44.3 Å². The van der Waals surface area contributed by atoms with Crippen molar-refractivity contribution in [2.24, 2.45) is 0 Å². The number of hydrogen-bond donors (Lipinski definition) is 0. The predicted octanol–water partition coefficient (Wildman–Crippen LogP) is 8.92. The first-order valence-corrected chi connectivity index (χ1v) is 17.1. The van der Waals surface area contributed by atoms with Gasteiger partial charge in [0.2, 0.25) is 0 Å². The fourth-order valence-electron chi connectivity index (χ4n) is 7.47. The number of hydrogen-bond acceptors (Lipinski definition) is 5. The van der Waals surface area contributed by atoms with E-state index in [1.807, 2.05) is 72.8 Å². The van der Waals surface area contributed by atoms with Crippen molar-refractivity contribution in [3.05, 3.63) is 168 Å². The van der Waals surface area contributed by atoms with E-state index in [2.05, 4.69) is 108 Å². The molecule has 51 heavy (non-hydrogen) atoms. The lowest BCUT2D eigenvalue weighted by molar-refractivity contribution is 0.443. The number of aromatic nitrogens is 4. The van der Waals surface area contributed by atoms with E-state index in [4.69, 9.17) is 19.4 Å². The molecule has 1 unspecified atom stereocenters. The van der Waals surface area contributed by atoms with Gasteiger partial charge in [-0.15, -0.1) is 0 Å². The molecule has 6 nitrogen and oxygen atoms in total. The van der Waals surface area contributed by atoms with E-state index in [1.165, 1.54) is 27.0 Å². The molecule has 4 heterocycles. The Kier molecular flexibility index (Phi) is 6.67. The Hall–Kier alpha value is -6.79. The van der Waals surface area contributed by atoms with Crippen LogP contribution in [0.3, 0.4) is 0 Å². The van der Waals surface area contributed by atoms with Crippen LogP contribution in [0.25, 0.3) is 85.0 Å². The first-order valence-electron chi connectivity index (χ1n) is 17.1. The highest BCUT2D eigenvalue weighted by molar-refractivity contribution is 6.12. The average Bonchev–Trinajstić information content (AvgIpc) is 3.73. The highest BCUT2D eigenvalue weighted by Crippen LogP contribution is 2.38. The number of benzene rings is 6. The van der Waals surface area contributed by atoms with Crippen LogP contribution in [-0.2, 0) is 0 Å². The van der Waals surface area contributed by atoms with Crippen molar-refractivity contribution >= 4 is 45.1 Å². The fraction of sp³-hybridized carbons (Fsp3) is 0.0444. The van der Waals surface area contributed by atoms with Crippen molar-refractivity contribution in [2.75, 3.05) is 7.05 Å². The minimum Gasteiger partial charge on any atom is -0.456 e. The van der Waals surface area contributed by atoms with Crippen LogP contribution in [0.1, 0.15) is 11.6 Å². The third kappa shape index (κ3) is 4.83. The number of nitrogens with zero attached hydrogens (tertiary/aromatic N) is 5. The summed E-state index contributed by atoms with van der Waals surface area (Å²) in [6.07, 6.45) is 4.67. The molecular weight excluding hydrogens is 627 g/mol. The second kappa shape index (κ2) is 11.7. The van der Waals surface area contributed by atoms with Gasteiger partial charge in [0, 0.05) is 57.0 Å². The topological polar surface area (TPSA) is 60.0 Å². The van der Waals surface area contributed by atoms with Crippen LogP contribution >= 0.6 is 0 Å². The summed E-state index contributed by atoms with van der Waals surface area (Å²) >= 11 is 0. The van der Waals surface area contributed by atoms with Gasteiger partial charge in [-0.3, -0.25) is 0 Å². The zero-order valence-corrected chi connectivity index (χ0v) is 27.8. The summed E-state index contributed by atoms with van der Waals surface area (Å²) < 4.78 is 8.83. The van der Waals surface area contributed by atoms with Crippen LogP contribution in [0, 0.1) is 0 Å². The molecule has 0 bridgehead atoms. The molecule has 6 aromatic carbocycles. The van der Waals surface area contributed by atoms with Crippen molar-refractivity contribution in [1.82, 2.24) is 24.4 Å². The van der Waals surface area contributed by atoms with Crippen molar-refractivity contribution in [3.8, 4) is 39.9 Å². The second-order valence-electron chi connectivity index (χ2n) is 13.0. The molecule has 10 rings (SSSR count). The summed E-state index contributed by atoms with van der Waals surface area (Å²) in [5.74, 6) is 1.86. The summed E-state index contributed by atoms with van der Waals surface area (Å²) in [6.45, 7) is 0. The highest BCUT2D eigenvalue weighted by Gasteiger charge is 2.23. The van der Waals surface area contributed by atoms with E-state index in [-0.39, 0.29) is 6.04 Å². The van der Waals surface area contributed by atoms with Crippen LogP contribution in [0.4, 0.5) is 0 Å². The monoisotopic (exact) mass is 657 g/mol. The zero-order valence-electron chi connectivity index (χ0n) is 27.8. The Morgan fingerprint density at radius 1 is 0.569 bits per heavy atom. The van der Waals surface area contributed by atoms with Crippen molar-refractivity contribution < 1.29 is 4.42 Å². The van der Waals surface area contributed by atoms with Gasteiger partial charge < -0.3 is 13.9 Å². The molecule has 0 saturated carbocycles.